The van der Waals surface area contributed by atoms with Crippen molar-refractivity contribution in [3.63, 3.8) is 0 Å². The van der Waals surface area contributed by atoms with Gasteiger partial charge < -0.3 is 14.4 Å². The molecule has 1 aromatic heterocycles. The molecule has 1 aliphatic heterocycles. The maximum absolute atomic E-state index is 14.2. The largest absolute Gasteiger partial charge is 0.486 e. The van der Waals surface area contributed by atoms with Crippen molar-refractivity contribution in [1.82, 2.24) is 9.88 Å². The number of hydrogen-bond acceptors (Lipinski definition) is 6. The molecule has 29 heavy (non-hydrogen) atoms. The number of carbonyl (C=O) groups excluding carboxylic acids is 1. The van der Waals surface area contributed by atoms with Crippen LogP contribution in [-0.2, 0) is 0 Å². The van der Waals surface area contributed by atoms with Crippen LogP contribution in [0.2, 0.25) is 0 Å². The lowest BCUT2D eigenvalue weighted by Crippen LogP contribution is -2.37. The maximum Gasteiger partial charge on any atom is 0.263 e. The first kappa shape index (κ1) is 21.3. The number of rotatable bonds is 5. The van der Waals surface area contributed by atoms with E-state index in [4.69, 9.17) is 9.47 Å². The van der Waals surface area contributed by atoms with Crippen molar-refractivity contribution in [3.05, 3.63) is 47.8 Å². The number of nitrogens with zero attached hydrogens (tertiary/aromatic N) is 3. The van der Waals surface area contributed by atoms with Crippen molar-refractivity contribution in [2.75, 3.05) is 45.3 Å². The summed E-state index contributed by atoms with van der Waals surface area (Å²) in [6, 6.07) is 9.71. The summed E-state index contributed by atoms with van der Waals surface area (Å²) in [5.74, 6) is 0.377. The van der Waals surface area contributed by atoms with Crippen LogP contribution in [0.1, 0.15) is 10.4 Å². The van der Waals surface area contributed by atoms with Crippen LogP contribution in [-0.4, -0.2) is 56.2 Å². The Hall–Kier alpha value is -2.42. The molecule has 0 radical (unpaired) electrons. The SMILES string of the molecule is CN(C)CCN(C(=O)c1ccccc1F)c1nc2cc3c(cc2s1)OCCO3.Cl. The third-order valence-electron chi connectivity index (χ3n) is 4.39. The predicted octanol–water partition coefficient (Wildman–Crippen LogP) is 3.84. The van der Waals surface area contributed by atoms with Gasteiger partial charge in [0.15, 0.2) is 16.6 Å². The monoisotopic (exact) mass is 437 g/mol. The molecule has 4 rings (SSSR count). The number of anilines is 1. The van der Waals surface area contributed by atoms with Gasteiger partial charge in [-0.2, -0.15) is 0 Å². The molecule has 154 valence electrons. The Morgan fingerprint density at radius 1 is 1.14 bits per heavy atom. The first-order chi connectivity index (χ1) is 13.5. The number of hydrogen-bond donors (Lipinski definition) is 0. The second kappa shape index (κ2) is 8.94. The third kappa shape index (κ3) is 4.44. The fourth-order valence-corrected chi connectivity index (χ4v) is 3.93. The van der Waals surface area contributed by atoms with E-state index in [1.807, 2.05) is 31.1 Å². The summed E-state index contributed by atoms with van der Waals surface area (Å²) in [6.45, 7) is 2.02. The molecule has 0 bridgehead atoms. The van der Waals surface area contributed by atoms with Crippen LogP contribution in [0.5, 0.6) is 11.5 Å². The summed E-state index contributed by atoms with van der Waals surface area (Å²) in [7, 11) is 3.85. The zero-order valence-corrected chi connectivity index (χ0v) is 17.7. The van der Waals surface area contributed by atoms with Crippen LogP contribution in [0.15, 0.2) is 36.4 Å². The highest BCUT2D eigenvalue weighted by atomic mass is 35.5. The molecule has 0 N–H and O–H groups in total. The molecule has 0 atom stereocenters. The van der Waals surface area contributed by atoms with E-state index in [-0.39, 0.29) is 18.0 Å². The molecule has 9 heteroatoms. The number of carbonyl (C=O) groups is 1. The van der Waals surface area contributed by atoms with Gasteiger partial charge in [-0.25, -0.2) is 9.37 Å². The molecule has 1 amide bonds. The number of amides is 1. The summed E-state index contributed by atoms with van der Waals surface area (Å²) in [5, 5.41) is 0.521. The van der Waals surface area contributed by atoms with Crippen molar-refractivity contribution in [1.29, 1.82) is 0 Å². The van der Waals surface area contributed by atoms with E-state index in [0.29, 0.717) is 42.9 Å². The Morgan fingerprint density at radius 2 is 1.83 bits per heavy atom. The molecule has 6 nitrogen and oxygen atoms in total. The fraction of sp³-hybridized carbons (Fsp3) is 0.300. The van der Waals surface area contributed by atoms with Gasteiger partial charge in [-0.15, -0.1) is 12.4 Å². The summed E-state index contributed by atoms with van der Waals surface area (Å²) in [5.41, 5.74) is 0.756. The molecule has 0 aliphatic carbocycles. The van der Waals surface area contributed by atoms with Crippen LogP contribution in [0.25, 0.3) is 10.2 Å². The quantitative estimate of drug-likeness (QED) is 0.607. The van der Waals surface area contributed by atoms with Gasteiger partial charge in [0.05, 0.1) is 15.8 Å². The number of benzene rings is 2. The second-order valence-electron chi connectivity index (χ2n) is 6.70. The number of likely N-dealkylation sites (N-methyl/N-ethyl adjacent to an activating group) is 1. The lowest BCUT2D eigenvalue weighted by Gasteiger charge is -2.22. The Morgan fingerprint density at radius 3 is 2.52 bits per heavy atom. The topological polar surface area (TPSA) is 54.9 Å². The van der Waals surface area contributed by atoms with Gasteiger partial charge in [0, 0.05) is 25.2 Å². The van der Waals surface area contributed by atoms with Gasteiger partial charge in [-0.1, -0.05) is 23.5 Å². The highest BCUT2D eigenvalue weighted by Crippen LogP contribution is 2.39. The van der Waals surface area contributed by atoms with Crippen molar-refractivity contribution in [2.24, 2.45) is 0 Å². The van der Waals surface area contributed by atoms with E-state index in [9.17, 15) is 9.18 Å². The van der Waals surface area contributed by atoms with Gasteiger partial charge in [-0.3, -0.25) is 9.69 Å². The summed E-state index contributed by atoms with van der Waals surface area (Å²) in [6.07, 6.45) is 0. The molecule has 1 aliphatic rings. The Balaban J connectivity index is 0.00000240. The van der Waals surface area contributed by atoms with Crippen LogP contribution in [0, 0.1) is 5.82 Å². The third-order valence-corrected chi connectivity index (χ3v) is 5.43. The van der Waals surface area contributed by atoms with E-state index < -0.39 is 11.7 Å². The minimum atomic E-state index is -0.541. The van der Waals surface area contributed by atoms with E-state index in [0.717, 1.165) is 10.2 Å². The molecule has 0 saturated carbocycles. The van der Waals surface area contributed by atoms with Gasteiger partial charge in [0.2, 0.25) is 0 Å². The van der Waals surface area contributed by atoms with Gasteiger partial charge in [-0.05, 0) is 26.2 Å². The fourth-order valence-electron chi connectivity index (χ4n) is 2.93. The average Bonchev–Trinajstić information content (AvgIpc) is 3.08. The van der Waals surface area contributed by atoms with Crippen LogP contribution in [0.4, 0.5) is 9.52 Å². The number of thiazole rings is 1. The molecule has 0 fully saturated rings. The molecule has 0 saturated heterocycles. The minimum Gasteiger partial charge on any atom is -0.486 e. The lowest BCUT2D eigenvalue weighted by molar-refractivity contribution is 0.0981. The number of aromatic nitrogens is 1. The Labute approximate surface area is 178 Å². The highest BCUT2D eigenvalue weighted by molar-refractivity contribution is 7.22. The highest BCUT2D eigenvalue weighted by Gasteiger charge is 2.24. The standard InChI is InChI=1S/C20H20FN3O3S.ClH/c1-23(2)7-8-24(19(25)13-5-3-4-6-14(13)21)20-22-15-11-16-17(12-18(15)28-20)27-10-9-26-16;/h3-6,11-12H,7-10H2,1-2H3;1H. The second-order valence-corrected chi connectivity index (χ2v) is 7.71. The zero-order chi connectivity index (χ0) is 19.7. The normalized spacial score (nSPS) is 12.7. The average molecular weight is 438 g/mol. The molecule has 0 spiro atoms. The number of fused-ring (bicyclic) bond motifs is 2. The van der Waals surface area contributed by atoms with E-state index >= 15 is 0 Å². The summed E-state index contributed by atoms with van der Waals surface area (Å²) in [4.78, 5) is 21.2. The van der Waals surface area contributed by atoms with Crippen molar-refractivity contribution < 1.29 is 18.7 Å². The Kier molecular flexibility index (Phi) is 6.56. The van der Waals surface area contributed by atoms with Gasteiger partial charge in [0.25, 0.3) is 5.91 Å². The van der Waals surface area contributed by atoms with E-state index in [2.05, 4.69) is 4.98 Å². The van der Waals surface area contributed by atoms with Crippen molar-refractivity contribution in [3.8, 4) is 11.5 Å². The van der Waals surface area contributed by atoms with Gasteiger partial charge >= 0.3 is 0 Å². The Bertz CT molecular complexity index is 984. The van der Waals surface area contributed by atoms with Crippen molar-refractivity contribution in [2.45, 2.75) is 0 Å². The minimum absolute atomic E-state index is 0. The van der Waals surface area contributed by atoms with E-state index in [1.165, 1.54) is 28.4 Å². The molecular formula is C20H21ClFN3O3S. The summed E-state index contributed by atoms with van der Waals surface area (Å²) < 4.78 is 26.3. The number of halogens is 2. The molecule has 2 heterocycles. The van der Waals surface area contributed by atoms with E-state index in [1.54, 1.807) is 12.1 Å². The zero-order valence-electron chi connectivity index (χ0n) is 16.1. The first-order valence-electron chi connectivity index (χ1n) is 8.94. The van der Waals surface area contributed by atoms with Crippen LogP contribution in [0.3, 0.4) is 0 Å². The molecular weight excluding hydrogens is 417 g/mol. The smallest absolute Gasteiger partial charge is 0.263 e. The predicted molar refractivity (Wildman–Crippen MR) is 114 cm³/mol. The van der Waals surface area contributed by atoms with Crippen molar-refractivity contribution >= 4 is 45.0 Å². The molecule has 0 unspecified atom stereocenters. The lowest BCUT2D eigenvalue weighted by atomic mass is 10.2. The molecule has 3 aromatic rings. The van der Waals surface area contributed by atoms with Crippen LogP contribution < -0.4 is 14.4 Å². The van der Waals surface area contributed by atoms with Gasteiger partial charge in [0.1, 0.15) is 19.0 Å². The first-order valence-corrected chi connectivity index (χ1v) is 9.76. The van der Waals surface area contributed by atoms with Crippen LogP contribution >= 0.6 is 23.7 Å². The molecule has 2 aromatic carbocycles. The summed E-state index contributed by atoms with van der Waals surface area (Å²) >= 11 is 1.38. The maximum atomic E-state index is 14.2. The number of ether oxygens (including phenoxy) is 2.